The minimum absolute atomic E-state index is 0.173. The number of likely N-dealkylation sites (N-methyl/N-ethyl adjacent to an activating group) is 1. The molecule has 2 heterocycles. The van der Waals surface area contributed by atoms with E-state index in [1.807, 2.05) is 7.05 Å². The lowest BCUT2D eigenvalue weighted by atomic mass is 10.1. The molecule has 0 radical (unpaired) electrons. The van der Waals surface area contributed by atoms with Gasteiger partial charge < -0.3 is 9.84 Å². The standard InChI is InChI=1S/C12H19N3O3/c1-15(8-10-4-2-3-5-18-10)7-9-6-13-14-11(9)12(16)17/h6,10H,2-5,7-8H2,1H3,(H,13,14)(H,16,17)/t10-/m0/s1. The van der Waals surface area contributed by atoms with E-state index in [2.05, 4.69) is 15.1 Å². The van der Waals surface area contributed by atoms with Gasteiger partial charge in [0.15, 0.2) is 0 Å². The molecule has 6 nitrogen and oxygen atoms in total. The van der Waals surface area contributed by atoms with Gasteiger partial charge in [-0.1, -0.05) is 0 Å². The van der Waals surface area contributed by atoms with E-state index in [1.54, 1.807) is 6.20 Å². The number of hydrogen-bond donors (Lipinski definition) is 2. The van der Waals surface area contributed by atoms with Crippen LogP contribution in [0.2, 0.25) is 0 Å². The topological polar surface area (TPSA) is 78.5 Å². The highest BCUT2D eigenvalue weighted by Gasteiger charge is 2.18. The van der Waals surface area contributed by atoms with E-state index in [0.29, 0.717) is 12.1 Å². The van der Waals surface area contributed by atoms with Crippen molar-refractivity contribution in [1.82, 2.24) is 15.1 Å². The molecule has 0 unspecified atom stereocenters. The average molecular weight is 253 g/mol. The lowest BCUT2D eigenvalue weighted by molar-refractivity contribution is -0.00262. The maximum Gasteiger partial charge on any atom is 0.354 e. The van der Waals surface area contributed by atoms with Gasteiger partial charge in [0.2, 0.25) is 0 Å². The zero-order chi connectivity index (χ0) is 13.0. The summed E-state index contributed by atoms with van der Waals surface area (Å²) in [5.74, 6) is -0.968. The van der Waals surface area contributed by atoms with Gasteiger partial charge in [-0.15, -0.1) is 0 Å². The maximum atomic E-state index is 10.9. The Balaban J connectivity index is 1.88. The van der Waals surface area contributed by atoms with Crippen LogP contribution in [-0.2, 0) is 11.3 Å². The summed E-state index contributed by atoms with van der Waals surface area (Å²) in [5, 5.41) is 15.3. The Morgan fingerprint density at radius 2 is 2.50 bits per heavy atom. The van der Waals surface area contributed by atoms with Crippen molar-refractivity contribution >= 4 is 5.97 Å². The van der Waals surface area contributed by atoms with Gasteiger partial charge in [0, 0.05) is 25.3 Å². The maximum absolute atomic E-state index is 10.9. The minimum atomic E-state index is -0.968. The Kier molecular flexibility index (Phi) is 4.33. The van der Waals surface area contributed by atoms with Crippen LogP contribution in [0.3, 0.4) is 0 Å². The molecule has 0 spiro atoms. The number of aromatic amines is 1. The van der Waals surface area contributed by atoms with Crippen molar-refractivity contribution in [2.45, 2.75) is 31.9 Å². The van der Waals surface area contributed by atoms with Gasteiger partial charge in [0.1, 0.15) is 5.69 Å². The Morgan fingerprint density at radius 3 is 3.17 bits per heavy atom. The lowest BCUT2D eigenvalue weighted by Crippen LogP contribution is -2.33. The van der Waals surface area contributed by atoms with E-state index < -0.39 is 5.97 Å². The number of ether oxygens (including phenoxy) is 1. The summed E-state index contributed by atoms with van der Waals surface area (Å²) in [4.78, 5) is 13.0. The van der Waals surface area contributed by atoms with Crippen molar-refractivity contribution < 1.29 is 14.6 Å². The largest absolute Gasteiger partial charge is 0.477 e. The molecule has 1 aliphatic heterocycles. The van der Waals surface area contributed by atoms with Crippen LogP contribution in [-0.4, -0.2) is 52.5 Å². The summed E-state index contributed by atoms with van der Waals surface area (Å²) in [7, 11) is 1.97. The first-order valence-corrected chi connectivity index (χ1v) is 6.22. The first-order valence-electron chi connectivity index (χ1n) is 6.22. The molecule has 1 aliphatic rings. The van der Waals surface area contributed by atoms with Crippen LogP contribution in [0, 0.1) is 0 Å². The highest BCUT2D eigenvalue weighted by Crippen LogP contribution is 2.15. The van der Waals surface area contributed by atoms with Gasteiger partial charge in [0.05, 0.1) is 12.3 Å². The summed E-state index contributed by atoms with van der Waals surface area (Å²) in [6.45, 7) is 2.23. The van der Waals surface area contributed by atoms with E-state index in [4.69, 9.17) is 9.84 Å². The third-order valence-electron chi connectivity index (χ3n) is 3.16. The van der Waals surface area contributed by atoms with E-state index >= 15 is 0 Å². The molecular formula is C12H19N3O3. The highest BCUT2D eigenvalue weighted by molar-refractivity contribution is 5.86. The van der Waals surface area contributed by atoms with E-state index in [-0.39, 0.29) is 11.8 Å². The van der Waals surface area contributed by atoms with Crippen LogP contribution in [0.5, 0.6) is 0 Å². The third-order valence-corrected chi connectivity index (χ3v) is 3.16. The Bertz CT molecular complexity index is 399. The van der Waals surface area contributed by atoms with Crippen molar-refractivity contribution in [3.05, 3.63) is 17.5 Å². The molecule has 6 heteroatoms. The number of H-pyrrole nitrogens is 1. The van der Waals surface area contributed by atoms with Crippen LogP contribution < -0.4 is 0 Å². The predicted molar refractivity (Wildman–Crippen MR) is 65.5 cm³/mol. The van der Waals surface area contributed by atoms with Crippen molar-refractivity contribution in [3.8, 4) is 0 Å². The molecule has 0 aliphatic carbocycles. The molecule has 0 amide bonds. The van der Waals surface area contributed by atoms with Gasteiger partial charge in [0.25, 0.3) is 0 Å². The molecule has 1 atom stereocenters. The van der Waals surface area contributed by atoms with Crippen molar-refractivity contribution in [1.29, 1.82) is 0 Å². The van der Waals surface area contributed by atoms with Crippen molar-refractivity contribution in [2.24, 2.45) is 0 Å². The average Bonchev–Trinajstić information content (AvgIpc) is 2.78. The normalized spacial score (nSPS) is 20.2. The molecule has 18 heavy (non-hydrogen) atoms. The summed E-state index contributed by atoms with van der Waals surface area (Å²) >= 11 is 0. The summed E-state index contributed by atoms with van der Waals surface area (Å²) in [6.07, 6.45) is 5.28. The molecule has 1 aromatic heterocycles. The van der Waals surface area contributed by atoms with Crippen molar-refractivity contribution in [2.75, 3.05) is 20.2 Å². The molecule has 0 bridgehead atoms. The second kappa shape index (κ2) is 5.97. The number of aromatic nitrogens is 2. The molecule has 0 saturated carbocycles. The molecule has 1 saturated heterocycles. The Labute approximate surface area is 106 Å². The van der Waals surface area contributed by atoms with Gasteiger partial charge >= 0.3 is 5.97 Å². The number of aromatic carboxylic acids is 1. The van der Waals surface area contributed by atoms with Crippen LogP contribution in [0.15, 0.2) is 6.20 Å². The molecule has 2 N–H and O–H groups in total. The minimum Gasteiger partial charge on any atom is -0.477 e. The zero-order valence-electron chi connectivity index (χ0n) is 10.6. The van der Waals surface area contributed by atoms with Crippen LogP contribution in [0.25, 0.3) is 0 Å². The Morgan fingerprint density at radius 1 is 1.67 bits per heavy atom. The monoisotopic (exact) mass is 253 g/mol. The van der Waals surface area contributed by atoms with E-state index in [1.165, 1.54) is 6.42 Å². The summed E-state index contributed by atoms with van der Waals surface area (Å²) in [5.41, 5.74) is 0.882. The zero-order valence-corrected chi connectivity index (χ0v) is 10.6. The number of nitrogens with one attached hydrogen (secondary N) is 1. The second-order valence-electron chi connectivity index (χ2n) is 4.76. The van der Waals surface area contributed by atoms with Crippen molar-refractivity contribution in [3.63, 3.8) is 0 Å². The molecule has 100 valence electrons. The number of carboxylic acid groups (broad SMARTS) is 1. The number of hydrogen-bond acceptors (Lipinski definition) is 4. The smallest absolute Gasteiger partial charge is 0.354 e. The molecule has 0 aromatic carbocycles. The lowest BCUT2D eigenvalue weighted by Gasteiger charge is -2.27. The van der Waals surface area contributed by atoms with E-state index in [0.717, 1.165) is 26.0 Å². The molecule has 1 aromatic rings. The van der Waals surface area contributed by atoms with Gasteiger partial charge in [-0.25, -0.2) is 4.79 Å². The fourth-order valence-corrected chi connectivity index (χ4v) is 2.27. The van der Waals surface area contributed by atoms with Gasteiger partial charge in [-0.05, 0) is 26.3 Å². The summed E-state index contributed by atoms with van der Waals surface area (Å²) in [6, 6.07) is 0. The molecule has 2 rings (SSSR count). The fraction of sp³-hybridized carbons (Fsp3) is 0.667. The predicted octanol–water partition coefficient (Wildman–Crippen LogP) is 1.11. The van der Waals surface area contributed by atoms with Crippen LogP contribution in [0.4, 0.5) is 0 Å². The fourth-order valence-electron chi connectivity index (χ4n) is 2.27. The Hall–Kier alpha value is -1.40. The SMILES string of the molecule is CN(Cc1cn[nH]c1C(=O)O)C[C@@H]1CCCCO1. The number of nitrogens with zero attached hydrogens (tertiary/aromatic N) is 2. The van der Waals surface area contributed by atoms with E-state index in [9.17, 15) is 4.79 Å². The van der Waals surface area contributed by atoms with Crippen LogP contribution in [0.1, 0.15) is 35.3 Å². The highest BCUT2D eigenvalue weighted by atomic mass is 16.5. The molecule has 1 fully saturated rings. The molecular weight excluding hydrogens is 234 g/mol. The van der Waals surface area contributed by atoms with Gasteiger partial charge in [-0.2, -0.15) is 5.10 Å². The second-order valence-corrected chi connectivity index (χ2v) is 4.76. The number of carboxylic acids is 1. The summed E-state index contributed by atoms with van der Waals surface area (Å²) < 4.78 is 5.66. The number of carbonyl (C=O) groups is 1. The van der Waals surface area contributed by atoms with Gasteiger partial charge in [-0.3, -0.25) is 10.00 Å². The number of rotatable bonds is 5. The van der Waals surface area contributed by atoms with Crippen LogP contribution >= 0.6 is 0 Å². The quantitative estimate of drug-likeness (QED) is 0.821. The first kappa shape index (κ1) is 13.0. The third kappa shape index (κ3) is 3.30. The first-order chi connectivity index (χ1) is 8.66.